The Morgan fingerprint density at radius 1 is 0.107 bits per heavy atom. The summed E-state index contributed by atoms with van der Waals surface area (Å²) >= 11 is 0. The summed E-state index contributed by atoms with van der Waals surface area (Å²) in [4.78, 5) is 7.00. The fourth-order valence-corrected chi connectivity index (χ4v) is 21.7. The summed E-state index contributed by atoms with van der Waals surface area (Å²) in [6.07, 6.45) is 0. The highest BCUT2D eigenvalue weighted by Crippen LogP contribution is 2.50. The number of fused-ring (bicyclic) bond motifs is 16. The Kier molecular flexibility index (Phi) is 22.8. The van der Waals surface area contributed by atoms with Crippen LogP contribution in [0.25, 0.3) is 221 Å². The van der Waals surface area contributed by atoms with Gasteiger partial charge in [0.05, 0.1) is 5.69 Å². The Labute approximate surface area is 866 Å². The second-order valence-electron chi connectivity index (χ2n) is 38.0. The molecule has 150 heavy (non-hydrogen) atoms. The van der Waals surface area contributed by atoms with Crippen molar-refractivity contribution in [2.24, 2.45) is 0 Å². The molecule has 0 bridgehead atoms. The standard InChI is InChI=1S/C52H33NO2.C48H31NO2.C42H29NO/c1-2-12-34(13-3-1)35-24-28-37(29-25-35)53(38-30-26-36(27-31-38)39-18-10-20-46-43-16-6-8-22-49(43)54-51(39)46)48-33-32-41(40-14-4-5-15-42(40)48)45-19-11-21-47-44-17-7-9-23-50(44)55-52(45)47;1-2-10-32(11-3-1)33-20-26-36(27-21-33)49(37-28-22-34(23-29-37)39-14-8-16-43-41-12-4-6-18-45(41)50-47(39)43)38-30-24-35(25-31-38)40-15-9-17-44-42-13-5-7-19-46(42)51-48(40)44;1-3-9-30(10-4-1)32-15-22-36(23-16-32)43(37-24-17-33(18-25-37)31-11-5-2-6-12-31)38-26-19-34(20-27-38)35-21-28-42-40(29-35)39-13-7-8-14-41(39)44-42/h1-33H;1-31H;1-29H. The van der Waals surface area contributed by atoms with E-state index in [9.17, 15) is 0 Å². The number of rotatable bonds is 18. The Morgan fingerprint density at radius 2 is 0.320 bits per heavy atom. The number of nitrogens with zero attached hydrogens (tertiary/aromatic N) is 3. The molecule has 0 saturated heterocycles. The fourth-order valence-electron chi connectivity index (χ4n) is 21.7. The smallest absolute Gasteiger partial charge is 0.143 e. The maximum atomic E-state index is 6.53. The van der Waals surface area contributed by atoms with E-state index in [2.05, 4.69) is 518 Å². The number of hydrogen-bond acceptors (Lipinski definition) is 8. The van der Waals surface area contributed by atoms with Crippen molar-refractivity contribution < 1.29 is 22.1 Å². The topological polar surface area (TPSA) is 75.4 Å². The summed E-state index contributed by atoms with van der Waals surface area (Å²) in [5, 5.41) is 13.6. The van der Waals surface area contributed by atoms with E-state index in [1.165, 1.54) is 55.6 Å². The molecule has 0 spiro atoms. The van der Waals surface area contributed by atoms with Gasteiger partial charge in [-0.3, -0.25) is 0 Å². The Balaban J connectivity index is 0.000000111. The zero-order valence-corrected chi connectivity index (χ0v) is 81.6. The zero-order chi connectivity index (χ0) is 99.3. The lowest BCUT2D eigenvalue weighted by Crippen LogP contribution is -2.10. The van der Waals surface area contributed by atoms with E-state index >= 15 is 0 Å². The molecular weight excluding hydrogens is 1830 g/mol. The van der Waals surface area contributed by atoms with Crippen LogP contribution >= 0.6 is 0 Å². The molecule has 24 aromatic carbocycles. The molecule has 29 rings (SSSR count). The van der Waals surface area contributed by atoms with Crippen LogP contribution in [0.5, 0.6) is 0 Å². The molecule has 0 aliphatic heterocycles. The van der Waals surface area contributed by atoms with Crippen LogP contribution in [0.4, 0.5) is 51.2 Å². The number of benzene rings is 24. The van der Waals surface area contributed by atoms with Crippen molar-refractivity contribution in [2.75, 3.05) is 14.7 Å². The molecule has 0 fully saturated rings. The lowest BCUT2D eigenvalue weighted by molar-refractivity contribution is 0.668. The SMILES string of the molecule is c1ccc(-c2ccc(N(c3ccc(-c4cccc5c4oc4ccccc45)cc3)c3ccc(-c4cccc5c4oc4ccccc45)c4ccccc34)cc2)cc1.c1ccc(-c2ccc(N(c3ccc(-c4cccc5c4oc4ccccc45)cc3)c3ccc(-c4cccc5c4oc4ccccc45)cc3)cc2)cc1.c1ccc(-c2ccc(N(c3ccc(-c4ccccc4)cc3)c3ccc(-c4ccc5oc6ccccc6c5c4)cc3)cc2)cc1. The van der Waals surface area contributed by atoms with E-state index in [-0.39, 0.29) is 0 Å². The van der Waals surface area contributed by atoms with Gasteiger partial charge in [-0.25, -0.2) is 0 Å². The van der Waals surface area contributed by atoms with E-state index < -0.39 is 0 Å². The summed E-state index contributed by atoms with van der Waals surface area (Å²) in [5.74, 6) is 0. The van der Waals surface area contributed by atoms with E-state index in [1.54, 1.807) is 0 Å². The van der Waals surface area contributed by atoms with Crippen LogP contribution in [0.1, 0.15) is 0 Å². The Morgan fingerprint density at radius 3 is 0.633 bits per heavy atom. The Bertz CT molecular complexity index is 9780. The van der Waals surface area contributed by atoms with Crippen LogP contribution in [0.2, 0.25) is 0 Å². The van der Waals surface area contributed by atoms with Crippen molar-refractivity contribution in [1.29, 1.82) is 0 Å². The minimum Gasteiger partial charge on any atom is -0.456 e. The predicted molar refractivity (Wildman–Crippen MR) is 626 cm³/mol. The van der Waals surface area contributed by atoms with Gasteiger partial charge in [0.15, 0.2) is 0 Å². The summed E-state index contributed by atoms with van der Waals surface area (Å²) in [6, 6.07) is 199. The van der Waals surface area contributed by atoms with Crippen molar-refractivity contribution in [3.63, 3.8) is 0 Å². The molecule has 0 amide bonds. The molecule has 29 aromatic rings. The second kappa shape index (κ2) is 38.6. The summed E-state index contributed by atoms with van der Waals surface area (Å²) < 4.78 is 31.8. The highest BCUT2D eigenvalue weighted by Gasteiger charge is 2.25. The number of furan rings is 5. The molecule has 706 valence electrons. The summed E-state index contributed by atoms with van der Waals surface area (Å²) in [5.41, 5.74) is 39.5. The van der Waals surface area contributed by atoms with E-state index in [1.807, 2.05) is 60.7 Å². The van der Waals surface area contributed by atoms with Crippen LogP contribution in [0.3, 0.4) is 0 Å². The minimum absolute atomic E-state index is 0.899. The van der Waals surface area contributed by atoms with Gasteiger partial charge < -0.3 is 36.8 Å². The molecule has 8 heteroatoms. The van der Waals surface area contributed by atoms with E-state index in [0.717, 1.165) is 216 Å². The average molecular weight is 1920 g/mol. The van der Waals surface area contributed by atoms with Gasteiger partial charge in [0, 0.05) is 127 Å². The van der Waals surface area contributed by atoms with Gasteiger partial charge in [-0.05, 0) is 229 Å². The average Bonchev–Trinajstić information content (AvgIpc) is 1.20. The first-order chi connectivity index (χ1) is 74.4. The summed E-state index contributed by atoms with van der Waals surface area (Å²) in [7, 11) is 0. The lowest BCUT2D eigenvalue weighted by atomic mass is 9.95. The molecule has 0 N–H and O–H groups in total. The molecule has 0 atom stereocenters. The molecule has 0 unspecified atom stereocenters. The Hall–Kier alpha value is -20.1. The maximum Gasteiger partial charge on any atom is 0.143 e. The fraction of sp³-hybridized carbons (Fsp3) is 0. The molecule has 0 aliphatic rings. The van der Waals surface area contributed by atoms with Crippen molar-refractivity contribution in [2.45, 2.75) is 0 Å². The third kappa shape index (κ3) is 16.6. The van der Waals surface area contributed by atoms with Crippen LogP contribution in [0, 0.1) is 0 Å². The van der Waals surface area contributed by atoms with E-state index in [4.69, 9.17) is 22.1 Å². The molecule has 0 radical (unpaired) electrons. The third-order valence-electron chi connectivity index (χ3n) is 29.1. The van der Waals surface area contributed by atoms with Crippen molar-refractivity contribution in [3.8, 4) is 100 Å². The molecule has 0 aliphatic carbocycles. The first-order valence-corrected chi connectivity index (χ1v) is 50.9. The number of hydrogen-bond donors (Lipinski definition) is 0. The molecular formula is C142H93N3O5. The number of anilines is 9. The van der Waals surface area contributed by atoms with Crippen LogP contribution in [0.15, 0.2) is 586 Å². The predicted octanol–water partition coefficient (Wildman–Crippen LogP) is 41.1. The third-order valence-corrected chi connectivity index (χ3v) is 29.1. The highest BCUT2D eigenvalue weighted by molar-refractivity contribution is 6.17. The van der Waals surface area contributed by atoms with Crippen LogP contribution in [-0.4, -0.2) is 0 Å². The highest BCUT2D eigenvalue weighted by atomic mass is 16.3. The van der Waals surface area contributed by atoms with Gasteiger partial charge >= 0.3 is 0 Å². The quantitative estimate of drug-likeness (QED) is 0.0841. The second-order valence-corrected chi connectivity index (χ2v) is 38.0. The summed E-state index contributed by atoms with van der Waals surface area (Å²) in [6.45, 7) is 0. The van der Waals surface area contributed by atoms with Gasteiger partial charge in [-0.2, -0.15) is 0 Å². The zero-order valence-electron chi connectivity index (χ0n) is 81.6. The monoisotopic (exact) mass is 1920 g/mol. The van der Waals surface area contributed by atoms with Crippen molar-refractivity contribution in [1.82, 2.24) is 0 Å². The van der Waals surface area contributed by atoms with Gasteiger partial charge in [-0.1, -0.05) is 419 Å². The molecule has 5 aromatic heterocycles. The van der Waals surface area contributed by atoms with E-state index in [0.29, 0.717) is 0 Å². The van der Waals surface area contributed by atoms with Gasteiger partial charge in [-0.15, -0.1) is 0 Å². The van der Waals surface area contributed by atoms with Crippen molar-refractivity contribution >= 4 is 172 Å². The molecule has 8 nitrogen and oxygen atoms in total. The van der Waals surface area contributed by atoms with Gasteiger partial charge in [0.25, 0.3) is 0 Å². The number of para-hydroxylation sites is 9. The van der Waals surface area contributed by atoms with Gasteiger partial charge in [0.2, 0.25) is 0 Å². The van der Waals surface area contributed by atoms with Gasteiger partial charge in [0.1, 0.15) is 55.8 Å². The first kappa shape index (κ1) is 88.8. The van der Waals surface area contributed by atoms with Crippen LogP contribution < -0.4 is 14.7 Å². The minimum atomic E-state index is 0.899. The van der Waals surface area contributed by atoms with Crippen LogP contribution in [-0.2, 0) is 0 Å². The largest absolute Gasteiger partial charge is 0.456 e. The normalized spacial score (nSPS) is 11.5. The maximum absolute atomic E-state index is 6.53. The molecule has 5 heterocycles. The van der Waals surface area contributed by atoms with Crippen molar-refractivity contribution in [3.05, 3.63) is 564 Å². The molecule has 0 saturated carbocycles. The first-order valence-electron chi connectivity index (χ1n) is 50.9. The lowest BCUT2D eigenvalue weighted by Gasteiger charge is -2.28.